The van der Waals surface area contributed by atoms with Crippen molar-refractivity contribution < 1.29 is 18.3 Å². The highest BCUT2D eigenvalue weighted by molar-refractivity contribution is 8.03. The highest BCUT2D eigenvalue weighted by atomic mass is 32.2. The van der Waals surface area contributed by atoms with Crippen LogP contribution in [0.3, 0.4) is 0 Å². The lowest BCUT2D eigenvalue weighted by Gasteiger charge is -2.12. The van der Waals surface area contributed by atoms with Gasteiger partial charge in [0.25, 0.3) is 0 Å². The number of hydrogen-bond acceptors (Lipinski definition) is 5. The van der Waals surface area contributed by atoms with Gasteiger partial charge in [-0.1, -0.05) is 18.7 Å². The van der Waals surface area contributed by atoms with Gasteiger partial charge in [-0.25, -0.2) is 0 Å². The molecule has 0 aliphatic rings. The molecule has 0 saturated carbocycles. The van der Waals surface area contributed by atoms with Gasteiger partial charge >= 0.3 is 7.60 Å². The first-order chi connectivity index (χ1) is 6.61. The fourth-order valence-electron chi connectivity index (χ4n) is 0.710. The van der Waals surface area contributed by atoms with Crippen LogP contribution in [0, 0.1) is 0 Å². The molecule has 0 saturated heterocycles. The summed E-state index contributed by atoms with van der Waals surface area (Å²) in [6.45, 7) is 4.39. The van der Waals surface area contributed by atoms with Crippen molar-refractivity contribution in [2.75, 3.05) is 26.6 Å². The molecule has 0 aliphatic carbocycles. The monoisotopic (exact) mass is 240 g/mol. The van der Waals surface area contributed by atoms with E-state index in [9.17, 15) is 4.57 Å². The Morgan fingerprint density at radius 3 is 2.29 bits per heavy atom. The predicted octanol–water partition coefficient (Wildman–Crippen LogP) is 3.06. The van der Waals surface area contributed by atoms with Crippen LogP contribution in [0.4, 0.5) is 0 Å². The van der Waals surface area contributed by atoms with Crippen LogP contribution in [0.15, 0.2) is 10.9 Å². The predicted molar refractivity (Wildman–Crippen MR) is 59.5 cm³/mol. The minimum Gasteiger partial charge on any atom is -0.487 e. The second kappa shape index (κ2) is 7.35. The molecule has 0 aliphatic heterocycles. The van der Waals surface area contributed by atoms with E-state index < -0.39 is 7.60 Å². The summed E-state index contributed by atoms with van der Waals surface area (Å²) in [4.78, 5) is 0. The molecule has 0 radical (unpaired) electrons. The fraction of sp³-hybridized carbons (Fsp3) is 0.750. The van der Waals surface area contributed by atoms with Crippen LogP contribution < -0.4 is 0 Å². The third kappa shape index (κ3) is 5.05. The minimum absolute atomic E-state index is 0.534. The summed E-state index contributed by atoms with van der Waals surface area (Å²) in [5, 5.41) is 0.585. The lowest BCUT2D eigenvalue weighted by molar-refractivity contribution is 0.253. The number of ether oxygens (including phenoxy) is 1. The summed E-state index contributed by atoms with van der Waals surface area (Å²) in [6, 6.07) is 0. The van der Waals surface area contributed by atoms with Gasteiger partial charge in [-0.05, 0) is 12.7 Å². The van der Waals surface area contributed by atoms with Gasteiger partial charge < -0.3 is 13.8 Å². The quantitative estimate of drug-likeness (QED) is 0.505. The standard InChI is InChI=1S/C8H17O4PS/c1-5-12-8(14-6-2)7-13(9,10-3)11-4/h7H,5-6H2,1-4H3. The van der Waals surface area contributed by atoms with Crippen molar-refractivity contribution >= 4 is 19.4 Å². The molecular formula is C8H17O4PS. The van der Waals surface area contributed by atoms with E-state index in [4.69, 9.17) is 13.8 Å². The third-order valence-corrected chi connectivity index (χ3v) is 3.90. The first kappa shape index (κ1) is 14.0. The molecule has 0 unspecified atom stereocenters. The van der Waals surface area contributed by atoms with E-state index in [0.29, 0.717) is 11.7 Å². The number of hydrogen-bond donors (Lipinski definition) is 0. The van der Waals surface area contributed by atoms with Crippen molar-refractivity contribution in [2.45, 2.75) is 13.8 Å². The summed E-state index contributed by atoms with van der Waals surface area (Å²) in [7, 11) is -0.408. The van der Waals surface area contributed by atoms with Crippen LogP contribution >= 0.6 is 19.4 Å². The highest BCUT2D eigenvalue weighted by Crippen LogP contribution is 2.50. The topological polar surface area (TPSA) is 44.8 Å². The van der Waals surface area contributed by atoms with Crippen molar-refractivity contribution in [3.8, 4) is 0 Å². The Morgan fingerprint density at radius 2 is 1.93 bits per heavy atom. The van der Waals surface area contributed by atoms with Crippen LogP contribution in [0.2, 0.25) is 0 Å². The SMILES string of the molecule is CCOC(=CP(=O)(OC)OC)SCC. The smallest absolute Gasteiger partial charge is 0.357 e. The van der Waals surface area contributed by atoms with E-state index in [0.717, 1.165) is 5.75 Å². The van der Waals surface area contributed by atoms with Crippen molar-refractivity contribution in [2.24, 2.45) is 0 Å². The zero-order valence-corrected chi connectivity index (χ0v) is 10.7. The molecule has 0 N–H and O–H groups in total. The summed E-state index contributed by atoms with van der Waals surface area (Å²) >= 11 is 1.47. The van der Waals surface area contributed by atoms with Crippen molar-refractivity contribution in [1.29, 1.82) is 0 Å². The maximum atomic E-state index is 11.7. The zero-order chi connectivity index (χ0) is 11.0. The Bertz CT molecular complexity index is 213. The van der Waals surface area contributed by atoms with Crippen LogP contribution in [0.1, 0.15) is 13.8 Å². The van der Waals surface area contributed by atoms with Gasteiger partial charge in [-0.3, -0.25) is 4.57 Å². The molecule has 0 aromatic rings. The third-order valence-electron chi connectivity index (χ3n) is 1.35. The van der Waals surface area contributed by atoms with Crippen molar-refractivity contribution in [1.82, 2.24) is 0 Å². The summed E-state index contributed by atoms with van der Waals surface area (Å²) in [5.74, 6) is 2.25. The molecule has 0 rings (SSSR count). The van der Waals surface area contributed by atoms with E-state index in [2.05, 4.69) is 0 Å². The molecule has 84 valence electrons. The maximum absolute atomic E-state index is 11.7. The molecular weight excluding hydrogens is 223 g/mol. The van der Waals surface area contributed by atoms with Crippen molar-refractivity contribution in [3.05, 3.63) is 10.9 Å². The number of rotatable bonds is 7. The molecule has 0 spiro atoms. The summed E-state index contributed by atoms with van der Waals surface area (Å²) in [5.41, 5.74) is 0. The highest BCUT2D eigenvalue weighted by Gasteiger charge is 2.19. The van der Waals surface area contributed by atoms with Gasteiger partial charge in [0.1, 0.15) is 0 Å². The molecule has 14 heavy (non-hydrogen) atoms. The second-order valence-corrected chi connectivity index (χ2v) is 5.56. The molecule has 0 atom stereocenters. The number of thioether (sulfide) groups is 1. The molecule has 0 heterocycles. The lowest BCUT2D eigenvalue weighted by atomic mass is 10.9. The minimum atomic E-state index is -3.10. The van der Waals surface area contributed by atoms with E-state index in [1.165, 1.54) is 31.8 Å². The Hall–Kier alpha value is 0.0400. The van der Waals surface area contributed by atoms with E-state index in [1.54, 1.807) is 0 Å². The van der Waals surface area contributed by atoms with Gasteiger partial charge in [0.15, 0.2) is 5.09 Å². The Morgan fingerprint density at radius 1 is 1.36 bits per heavy atom. The molecule has 0 aromatic carbocycles. The van der Waals surface area contributed by atoms with Crippen molar-refractivity contribution in [3.63, 3.8) is 0 Å². The average molecular weight is 240 g/mol. The van der Waals surface area contributed by atoms with Gasteiger partial charge in [-0.15, -0.1) is 0 Å². The lowest BCUT2D eigenvalue weighted by Crippen LogP contribution is -1.91. The van der Waals surface area contributed by atoms with Crippen LogP contribution in [-0.2, 0) is 18.3 Å². The molecule has 0 amide bonds. The first-order valence-electron chi connectivity index (χ1n) is 4.31. The van der Waals surface area contributed by atoms with E-state index >= 15 is 0 Å². The van der Waals surface area contributed by atoms with Crippen LogP contribution in [0.5, 0.6) is 0 Å². The maximum Gasteiger partial charge on any atom is 0.357 e. The Balaban J connectivity index is 4.59. The fourth-order valence-corrected chi connectivity index (χ4v) is 2.57. The largest absolute Gasteiger partial charge is 0.487 e. The van der Waals surface area contributed by atoms with Gasteiger partial charge in [-0.2, -0.15) is 0 Å². The van der Waals surface area contributed by atoms with E-state index in [1.807, 2.05) is 13.8 Å². The van der Waals surface area contributed by atoms with E-state index in [-0.39, 0.29) is 0 Å². The normalized spacial score (nSPS) is 13.0. The van der Waals surface area contributed by atoms with Crippen LogP contribution in [-0.4, -0.2) is 26.6 Å². The summed E-state index contributed by atoms with van der Waals surface area (Å²) in [6.07, 6.45) is 0. The molecule has 4 nitrogen and oxygen atoms in total. The van der Waals surface area contributed by atoms with Gasteiger partial charge in [0.05, 0.1) is 12.4 Å². The van der Waals surface area contributed by atoms with Crippen LogP contribution in [0.25, 0.3) is 0 Å². The molecule has 0 bridgehead atoms. The summed E-state index contributed by atoms with van der Waals surface area (Å²) < 4.78 is 26.5. The van der Waals surface area contributed by atoms with Gasteiger partial charge in [0.2, 0.25) is 0 Å². The second-order valence-electron chi connectivity index (χ2n) is 2.22. The Labute approximate surface area is 89.5 Å². The zero-order valence-electron chi connectivity index (χ0n) is 8.98. The van der Waals surface area contributed by atoms with Gasteiger partial charge in [0, 0.05) is 14.2 Å². The first-order valence-corrected chi connectivity index (χ1v) is 6.91. The molecule has 6 heteroatoms. The average Bonchev–Trinajstić information content (AvgIpc) is 2.18. The molecule has 0 aromatic heterocycles. The Kier molecular flexibility index (Phi) is 7.37. The molecule has 0 fully saturated rings.